The standard InChI is InChI=1S/C16H18N2O/c1-11-9-18(13(3)12(11)2)10-15-7-14(8-17)5-6-16(15)19-4/h5-7,9H,10H2,1-4H3. The van der Waals surface area contributed by atoms with E-state index in [1.807, 2.05) is 12.1 Å². The number of hydrogen-bond acceptors (Lipinski definition) is 2. The fourth-order valence-electron chi connectivity index (χ4n) is 2.25. The molecule has 0 radical (unpaired) electrons. The Hall–Kier alpha value is -2.21. The van der Waals surface area contributed by atoms with Crippen LogP contribution in [0.25, 0.3) is 0 Å². The molecule has 0 spiro atoms. The Balaban J connectivity index is 2.42. The summed E-state index contributed by atoms with van der Waals surface area (Å²) in [5.74, 6) is 0.822. The van der Waals surface area contributed by atoms with Gasteiger partial charge in [0.1, 0.15) is 5.75 Å². The number of ether oxygens (including phenoxy) is 1. The average molecular weight is 254 g/mol. The molecule has 0 atom stereocenters. The Labute approximate surface area is 114 Å². The van der Waals surface area contributed by atoms with Gasteiger partial charge in [-0.15, -0.1) is 0 Å². The first-order valence-electron chi connectivity index (χ1n) is 6.26. The van der Waals surface area contributed by atoms with E-state index in [4.69, 9.17) is 10.00 Å². The minimum Gasteiger partial charge on any atom is -0.496 e. The smallest absolute Gasteiger partial charge is 0.123 e. The van der Waals surface area contributed by atoms with Gasteiger partial charge in [0.15, 0.2) is 0 Å². The molecule has 0 saturated heterocycles. The van der Waals surface area contributed by atoms with Crippen molar-refractivity contribution in [2.24, 2.45) is 0 Å². The molecule has 0 bridgehead atoms. The van der Waals surface area contributed by atoms with Crippen LogP contribution in [0.4, 0.5) is 0 Å². The molecule has 98 valence electrons. The van der Waals surface area contributed by atoms with Crippen LogP contribution in [0, 0.1) is 32.1 Å². The average Bonchev–Trinajstić information content (AvgIpc) is 2.66. The first kappa shape index (κ1) is 13.2. The van der Waals surface area contributed by atoms with Crippen LogP contribution in [0.2, 0.25) is 0 Å². The predicted octanol–water partition coefficient (Wildman–Crippen LogP) is 3.34. The number of aromatic nitrogens is 1. The van der Waals surface area contributed by atoms with Crippen LogP contribution in [0.3, 0.4) is 0 Å². The van der Waals surface area contributed by atoms with Gasteiger partial charge < -0.3 is 9.30 Å². The number of nitriles is 1. The van der Waals surface area contributed by atoms with Gasteiger partial charge in [-0.3, -0.25) is 0 Å². The lowest BCUT2D eigenvalue weighted by Gasteiger charge is -2.11. The van der Waals surface area contributed by atoms with Gasteiger partial charge in [-0.05, 0) is 50.1 Å². The zero-order valence-electron chi connectivity index (χ0n) is 11.8. The third-order valence-electron chi connectivity index (χ3n) is 3.66. The SMILES string of the molecule is COc1ccc(C#N)cc1Cn1cc(C)c(C)c1C. The first-order chi connectivity index (χ1) is 9.06. The Kier molecular flexibility index (Phi) is 3.62. The molecule has 1 heterocycles. The summed E-state index contributed by atoms with van der Waals surface area (Å²) in [7, 11) is 1.66. The molecular formula is C16H18N2O. The van der Waals surface area contributed by atoms with Crippen molar-refractivity contribution in [3.05, 3.63) is 52.3 Å². The Morgan fingerprint density at radius 3 is 2.53 bits per heavy atom. The van der Waals surface area contributed by atoms with Gasteiger partial charge in [0, 0.05) is 17.5 Å². The van der Waals surface area contributed by atoms with Crippen molar-refractivity contribution in [3.8, 4) is 11.8 Å². The van der Waals surface area contributed by atoms with Crippen LogP contribution in [0.1, 0.15) is 27.9 Å². The van der Waals surface area contributed by atoms with Crippen LogP contribution in [-0.4, -0.2) is 11.7 Å². The normalized spacial score (nSPS) is 10.3. The lowest BCUT2D eigenvalue weighted by molar-refractivity contribution is 0.408. The number of benzene rings is 1. The second-order valence-electron chi connectivity index (χ2n) is 4.79. The minimum atomic E-state index is 0.661. The van der Waals surface area contributed by atoms with Crippen LogP contribution in [-0.2, 0) is 6.54 Å². The van der Waals surface area contributed by atoms with E-state index in [0.29, 0.717) is 5.56 Å². The maximum atomic E-state index is 9.00. The fourth-order valence-corrected chi connectivity index (χ4v) is 2.25. The minimum absolute atomic E-state index is 0.661. The highest BCUT2D eigenvalue weighted by Gasteiger charge is 2.09. The van der Waals surface area contributed by atoms with Crippen LogP contribution >= 0.6 is 0 Å². The monoisotopic (exact) mass is 254 g/mol. The molecule has 19 heavy (non-hydrogen) atoms. The van der Waals surface area contributed by atoms with Crippen LogP contribution in [0.5, 0.6) is 5.75 Å². The number of nitrogens with zero attached hydrogens (tertiary/aromatic N) is 2. The highest BCUT2D eigenvalue weighted by atomic mass is 16.5. The fraction of sp³-hybridized carbons (Fsp3) is 0.312. The summed E-state index contributed by atoms with van der Waals surface area (Å²) < 4.78 is 7.57. The van der Waals surface area contributed by atoms with E-state index >= 15 is 0 Å². The lowest BCUT2D eigenvalue weighted by atomic mass is 10.1. The van der Waals surface area contributed by atoms with Crippen molar-refractivity contribution in [1.82, 2.24) is 4.57 Å². The molecule has 0 aliphatic heterocycles. The molecule has 0 fully saturated rings. The van der Waals surface area contributed by atoms with E-state index in [-0.39, 0.29) is 0 Å². The predicted molar refractivity (Wildman–Crippen MR) is 75.5 cm³/mol. The second-order valence-corrected chi connectivity index (χ2v) is 4.79. The molecular weight excluding hydrogens is 236 g/mol. The van der Waals surface area contributed by atoms with Crippen LogP contribution in [0.15, 0.2) is 24.4 Å². The van der Waals surface area contributed by atoms with Crippen molar-refractivity contribution in [1.29, 1.82) is 5.26 Å². The summed E-state index contributed by atoms with van der Waals surface area (Å²) in [6.45, 7) is 7.08. The molecule has 0 aliphatic carbocycles. The maximum absolute atomic E-state index is 9.00. The molecule has 3 nitrogen and oxygen atoms in total. The van der Waals surface area contributed by atoms with Gasteiger partial charge in [-0.2, -0.15) is 5.26 Å². The quantitative estimate of drug-likeness (QED) is 0.842. The van der Waals surface area contributed by atoms with Crippen molar-refractivity contribution < 1.29 is 4.74 Å². The molecule has 0 N–H and O–H groups in total. The van der Waals surface area contributed by atoms with E-state index in [0.717, 1.165) is 17.9 Å². The molecule has 0 amide bonds. The van der Waals surface area contributed by atoms with E-state index in [2.05, 4.69) is 37.6 Å². The van der Waals surface area contributed by atoms with E-state index in [1.165, 1.54) is 16.8 Å². The molecule has 1 aromatic carbocycles. The lowest BCUT2D eigenvalue weighted by Crippen LogP contribution is -2.03. The van der Waals surface area contributed by atoms with Gasteiger partial charge in [-0.1, -0.05) is 0 Å². The van der Waals surface area contributed by atoms with Gasteiger partial charge in [0.2, 0.25) is 0 Å². The van der Waals surface area contributed by atoms with E-state index in [1.54, 1.807) is 13.2 Å². The Morgan fingerprint density at radius 1 is 1.26 bits per heavy atom. The Morgan fingerprint density at radius 2 is 2.00 bits per heavy atom. The summed E-state index contributed by atoms with van der Waals surface area (Å²) in [5.41, 5.74) is 5.54. The maximum Gasteiger partial charge on any atom is 0.123 e. The van der Waals surface area contributed by atoms with Crippen LogP contribution < -0.4 is 4.74 Å². The van der Waals surface area contributed by atoms with Gasteiger partial charge in [-0.25, -0.2) is 0 Å². The van der Waals surface area contributed by atoms with E-state index in [9.17, 15) is 0 Å². The number of aryl methyl sites for hydroxylation is 1. The molecule has 2 aromatic rings. The zero-order valence-corrected chi connectivity index (χ0v) is 11.8. The van der Waals surface area contributed by atoms with Gasteiger partial charge in [0.05, 0.1) is 25.3 Å². The molecule has 2 rings (SSSR count). The first-order valence-corrected chi connectivity index (χ1v) is 6.26. The summed E-state index contributed by atoms with van der Waals surface area (Å²) in [6.07, 6.45) is 2.14. The third kappa shape index (κ3) is 2.48. The summed E-state index contributed by atoms with van der Waals surface area (Å²) in [4.78, 5) is 0. The second kappa shape index (κ2) is 5.19. The van der Waals surface area contributed by atoms with Crippen molar-refractivity contribution >= 4 is 0 Å². The van der Waals surface area contributed by atoms with Gasteiger partial charge in [0.25, 0.3) is 0 Å². The highest BCUT2D eigenvalue weighted by molar-refractivity contribution is 5.42. The summed E-state index contributed by atoms with van der Waals surface area (Å²) in [6, 6.07) is 7.70. The zero-order chi connectivity index (χ0) is 14.0. The molecule has 0 saturated carbocycles. The molecule has 0 aliphatic rings. The summed E-state index contributed by atoms with van der Waals surface area (Å²) >= 11 is 0. The molecule has 1 aromatic heterocycles. The summed E-state index contributed by atoms with van der Waals surface area (Å²) in [5, 5.41) is 9.00. The third-order valence-corrected chi connectivity index (χ3v) is 3.66. The Bertz CT molecular complexity index is 647. The topological polar surface area (TPSA) is 37.9 Å². The number of hydrogen-bond donors (Lipinski definition) is 0. The molecule has 3 heteroatoms. The van der Waals surface area contributed by atoms with Crippen molar-refractivity contribution in [2.45, 2.75) is 27.3 Å². The van der Waals surface area contributed by atoms with Gasteiger partial charge >= 0.3 is 0 Å². The van der Waals surface area contributed by atoms with Crippen molar-refractivity contribution in [3.63, 3.8) is 0 Å². The highest BCUT2D eigenvalue weighted by Crippen LogP contribution is 2.23. The van der Waals surface area contributed by atoms with Crippen molar-refractivity contribution in [2.75, 3.05) is 7.11 Å². The largest absolute Gasteiger partial charge is 0.496 e. The number of methoxy groups -OCH3 is 1. The molecule has 0 unspecified atom stereocenters. The van der Waals surface area contributed by atoms with E-state index < -0.39 is 0 Å². The number of rotatable bonds is 3.